The molecule has 2 rings (SSSR count). The van der Waals surface area contributed by atoms with E-state index in [2.05, 4.69) is 23.8 Å². The molecule has 0 aliphatic rings. The first-order valence-corrected chi connectivity index (χ1v) is 6.63. The predicted octanol–water partition coefficient (Wildman–Crippen LogP) is 4.10. The van der Waals surface area contributed by atoms with Crippen molar-refractivity contribution >= 4 is 22.5 Å². The zero-order valence-corrected chi connectivity index (χ0v) is 11.4. The van der Waals surface area contributed by atoms with Gasteiger partial charge in [0.05, 0.1) is 17.5 Å². The van der Waals surface area contributed by atoms with Crippen LogP contribution >= 0.6 is 11.6 Å². The SMILES string of the molecule is CCCC(C)COc1nc(Cl)nc2ccccc12. The predicted molar refractivity (Wildman–Crippen MR) is 74.1 cm³/mol. The third kappa shape index (κ3) is 3.10. The molecule has 1 atom stereocenters. The first-order valence-electron chi connectivity index (χ1n) is 6.25. The molecule has 4 heteroatoms. The van der Waals surface area contributed by atoms with Gasteiger partial charge >= 0.3 is 0 Å². The van der Waals surface area contributed by atoms with Gasteiger partial charge in [0.2, 0.25) is 11.2 Å². The topological polar surface area (TPSA) is 35.0 Å². The number of nitrogens with zero attached hydrogens (tertiary/aromatic N) is 2. The average Bonchev–Trinajstić information content (AvgIpc) is 2.36. The lowest BCUT2D eigenvalue weighted by molar-refractivity contribution is 0.246. The van der Waals surface area contributed by atoms with Crippen molar-refractivity contribution in [2.45, 2.75) is 26.7 Å². The highest BCUT2D eigenvalue weighted by Crippen LogP contribution is 2.24. The van der Waals surface area contributed by atoms with Crippen LogP contribution in [0, 0.1) is 5.92 Å². The Labute approximate surface area is 112 Å². The lowest BCUT2D eigenvalue weighted by Gasteiger charge is -2.12. The van der Waals surface area contributed by atoms with Crippen LogP contribution < -0.4 is 4.74 Å². The summed E-state index contributed by atoms with van der Waals surface area (Å²) in [5.41, 5.74) is 0.815. The summed E-state index contributed by atoms with van der Waals surface area (Å²) in [4.78, 5) is 8.34. The van der Waals surface area contributed by atoms with Crippen molar-refractivity contribution < 1.29 is 4.74 Å². The van der Waals surface area contributed by atoms with Gasteiger partial charge in [-0.3, -0.25) is 0 Å². The van der Waals surface area contributed by atoms with E-state index >= 15 is 0 Å². The molecule has 1 aromatic carbocycles. The Hall–Kier alpha value is -1.35. The minimum Gasteiger partial charge on any atom is -0.477 e. The van der Waals surface area contributed by atoms with Crippen molar-refractivity contribution in [2.24, 2.45) is 5.92 Å². The largest absolute Gasteiger partial charge is 0.477 e. The van der Waals surface area contributed by atoms with Crippen molar-refractivity contribution in [2.75, 3.05) is 6.61 Å². The van der Waals surface area contributed by atoms with E-state index in [0.29, 0.717) is 18.4 Å². The summed E-state index contributed by atoms with van der Waals surface area (Å²) in [6, 6.07) is 7.73. The summed E-state index contributed by atoms with van der Waals surface area (Å²) in [6.07, 6.45) is 2.31. The van der Waals surface area contributed by atoms with Crippen molar-refractivity contribution in [1.82, 2.24) is 9.97 Å². The van der Waals surface area contributed by atoms with Gasteiger partial charge in [-0.1, -0.05) is 32.4 Å². The molecule has 0 fully saturated rings. The molecule has 0 spiro atoms. The van der Waals surface area contributed by atoms with Crippen LogP contribution in [0.2, 0.25) is 5.28 Å². The number of rotatable bonds is 5. The van der Waals surface area contributed by atoms with Gasteiger partial charge in [-0.2, -0.15) is 4.98 Å². The number of halogens is 1. The summed E-state index contributed by atoms with van der Waals surface area (Å²) >= 11 is 5.90. The van der Waals surface area contributed by atoms with E-state index in [1.165, 1.54) is 0 Å². The summed E-state index contributed by atoms with van der Waals surface area (Å²) in [5, 5.41) is 1.14. The molecular weight excluding hydrogens is 248 g/mol. The van der Waals surface area contributed by atoms with E-state index in [4.69, 9.17) is 16.3 Å². The van der Waals surface area contributed by atoms with Crippen molar-refractivity contribution in [3.05, 3.63) is 29.5 Å². The van der Waals surface area contributed by atoms with Crippen molar-refractivity contribution in [1.29, 1.82) is 0 Å². The Morgan fingerprint density at radius 2 is 2.06 bits per heavy atom. The van der Waals surface area contributed by atoms with E-state index in [0.717, 1.165) is 23.7 Å². The second-order valence-electron chi connectivity index (χ2n) is 4.52. The van der Waals surface area contributed by atoms with Gasteiger partial charge in [-0.25, -0.2) is 4.98 Å². The molecule has 1 unspecified atom stereocenters. The van der Waals surface area contributed by atoms with E-state index in [-0.39, 0.29) is 5.28 Å². The van der Waals surface area contributed by atoms with Gasteiger partial charge in [-0.15, -0.1) is 0 Å². The van der Waals surface area contributed by atoms with E-state index in [1.807, 2.05) is 24.3 Å². The summed E-state index contributed by atoms with van der Waals surface area (Å²) in [6.45, 7) is 5.01. The lowest BCUT2D eigenvalue weighted by Crippen LogP contribution is -2.09. The summed E-state index contributed by atoms with van der Waals surface area (Å²) < 4.78 is 5.78. The Morgan fingerprint density at radius 1 is 1.28 bits per heavy atom. The van der Waals surface area contributed by atoms with Gasteiger partial charge in [0.25, 0.3) is 0 Å². The second kappa shape index (κ2) is 6.01. The number of benzene rings is 1. The third-order valence-electron chi connectivity index (χ3n) is 2.83. The number of para-hydroxylation sites is 1. The van der Waals surface area contributed by atoms with Crippen molar-refractivity contribution in [3.8, 4) is 5.88 Å². The van der Waals surface area contributed by atoms with E-state index < -0.39 is 0 Å². The van der Waals surface area contributed by atoms with Gasteiger partial charge in [0, 0.05) is 0 Å². The first-order chi connectivity index (χ1) is 8.70. The Kier molecular flexibility index (Phi) is 4.37. The van der Waals surface area contributed by atoms with E-state index in [1.54, 1.807) is 0 Å². The van der Waals surface area contributed by atoms with Crippen LogP contribution in [0.25, 0.3) is 10.9 Å². The fourth-order valence-electron chi connectivity index (χ4n) is 1.93. The van der Waals surface area contributed by atoms with Gasteiger partial charge in [-0.05, 0) is 36.1 Å². The van der Waals surface area contributed by atoms with Crippen LogP contribution in [0.3, 0.4) is 0 Å². The minimum atomic E-state index is 0.229. The van der Waals surface area contributed by atoms with Crippen LogP contribution in [-0.4, -0.2) is 16.6 Å². The molecule has 1 heterocycles. The molecule has 18 heavy (non-hydrogen) atoms. The maximum Gasteiger partial charge on any atom is 0.226 e. The van der Waals surface area contributed by atoms with Crippen LogP contribution in [0.1, 0.15) is 26.7 Å². The zero-order valence-electron chi connectivity index (χ0n) is 10.7. The Morgan fingerprint density at radius 3 is 2.83 bits per heavy atom. The maximum atomic E-state index is 5.90. The number of ether oxygens (including phenoxy) is 1. The fourth-order valence-corrected chi connectivity index (χ4v) is 2.10. The standard InChI is InChI=1S/C14H17ClN2O/c1-3-6-10(2)9-18-13-11-7-4-5-8-12(11)16-14(15)17-13/h4-5,7-8,10H,3,6,9H2,1-2H3. The average molecular weight is 265 g/mol. The number of fused-ring (bicyclic) bond motifs is 1. The van der Waals surface area contributed by atoms with Crippen LogP contribution in [0.4, 0.5) is 0 Å². The second-order valence-corrected chi connectivity index (χ2v) is 4.86. The third-order valence-corrected chi connectivity index (χ3v) is 3.00. The van der Waals surface area contributed by atoms with Gasteiger partial charge < -0.3 is 4.74 Å². The molecule has 96 valence electrons. The molecule has 0 radical (unpaired) electrons. The molecule has 2 aromatic rings. The smallest absolute Gasteiger partial charge is 0.226 e. The maximum absolute atomic E-state index is 5.90. The van der Waals surface area contributed by atoms with Gasteiger partial charge in [0.1, 0.15) is 0 Å². The number of aromatic nitrogens is 2. The first kappa shape index (κ1) is 13.1. The Balaban J connectivity index is 2.21. The molecular formula is C14H17ClN2O. The van der Waals surface area contributed by atoms with Gasteiger partial charge in [0.15, 0.2) is 0 Å². The molecule has 0 saturated heterocycles. The molecule has 3 nitrogen and oxygen atoms in total. The fraction of sp³-hybridized carbons (Fsp3) is 0.429. The normalized spacial score (nSPS) is 12.6. The summed E-state index contributed by atoms with van der Waals surface area (Å²) in [7, 11) is 0. The highest BCUT2D eigenvalue weighted by atomic mass is 35.5. The molecule has 1 aromatic heterocycles. The highest BCUT2D eigenvalue weighted by molar-refractivity contribution is 6.28. The highest BCUT2D eigenvalue weighted by Gasteiger charge is 2.09. The van der Waals surface area contributed by atoms with Crippen molar-refractivity contribution in [3.63, 3.8) is 0 Å². The molecule has 0 aliphatic heterocycles. The molecule has 0 N–H and O–H groups in total. The molecule has 0 aliphatic carbocycles. The lowest BCUT2D eigenvalue weighted by atomic mass is 10.1. The zero-order chi connectivity index (χ0) is 13.0. The van der Waals surface area contributed by atoms with E-state index in [9.17, 15) is 0 Å². The number of hydrogen-bond donors (Lipinski definition) is 0. The minimum absolute atomic E-state index is 0.229. The van der Waals surface area contributed by atoms with Crippen LogP contribution in [-0.2, 0) is 0 Å². The van der Waals surface area contributed by atoms with Crippen LogP contribution in [0.15, 0.2) is 24.3 Å². The van der Waals surface area contributed by atoms with Crippen LogP contribution in [0.5, 0.6) is 5.88 Å². The molecule has 0 saturated carbocycles. The summed E-state index contributed by atoms with van der Waals surface area (Å²) in [5.74, 6) is 1.09. The number of hydrogen-bond acceptors (Lipinski definition) is 3. The molecule has 0 bridgehead atoms. The Bertz CT molecular complexity index is 530. The quantitative estimate of drug-likeness (QED) is 0.763. The molecule has 0 amide bonds. The monoisotopic (exact) mass is 264 g/mol.